The van der Waals surface area contributed by atoms with Gasteiger partial charge in [0.05, 0.1) is 17.9 Å². The van der Waals surface area contributed by atoms with Crippen molar-refractivity contribution < 1.29 is 9.90 Å². The molecule has 2 aromatic rings. The molecule has 0 spiro atoms. The Balaban J connectivity index is 1.45. The first-order chi connectivity index (χ1) is 12.1. The van der Waals surface area contributed by atoms with Crippen LogP contribution in [0.2, 0.25) is 0 Å². The molecule has 1 N–H and O–H groups in total. The van der Waals surface area contributed by atoms with Crippen LogP contribution in [0.4, 0.5) is 0 Å². The summed E-state index contributed by atoms with van der Waals surface area (Å²) >= 11 is 1.54. The first-order valence-electron chi connectivity index (χ1n) is 8.67. The van der Waals surface area contributed by atoms with Crippen molar-refractivity contribution in [2.45, 2.75) is 13.5 Å². The van der Waals surface area contributed by atoms with Crippen LogP contribution in [-0.2, 0) is 6.54 Å². The minimum absolute atomic E-state index is 0.0929. The molecule has 2 saturated heterocycles. The predicted octanol–water partition coefficient (Wildman–Crippen LogP) is 2.02. The lowest BCUT2D eigenvalue weighted by Crippen LogP contribution is -2.38. The van der Waals surface area contributed by atoms with Crippen LogP contribution in [0.3, 0.4) is 0 Å². The molecule has 2 unspecified atom stereocenters. The fraction of sp³-hybridized carbons (Fsp3) is 0.474. The molecule has 5 nitrogen and oxygen atoms in total. The van der Waals surface area contributed by atoms with Crippen molar-refractivity contribution in [1.82, 2.24) is 14.8 Å². The molecule has 1 amide bonds. The number of aliphatic hydroxyl groups excluding tert-OH is 1. The number of amides is 1. The van der Waals surface area contributed by atoms with E-state index in [2.05, 4.69) is 16.0 Å². The monoisotopic (exact) mass is 357 g/mol. The summed E-state index contributed by atoms with van der Waals surface area (Å²) in [5.74, 6) is 0.417. The van der Waals surface area contributed by atoms with E-state index in [1.54, 1.807) is 11.3 Å². The van der Waals surface area contributed by atoms with Gasteiger partial charge in [-0.15, -0.1) is 0 Å². The summed E-state index contributed by atoms with van der Waals surface area (Å²) in [4.78, 5) is 21.5. The largest absolute Gasteiger partial charge is 0.396 e. The summed E-state index contributed by atoms with van der Waals surface area (Å²) < 4.78 is 0. The zero-order chi connectivity index (χ0) is 17.4. The number of carbonyl (C=O) groups is 1. The van der Waals surface area contributed by atoms with Crippen LogP contribution in [0.1, 0.15) is 21.7 Å². The topological polar surface area (TPSA) is 56.7 Å². The molecule has 2 aromatic heterocycles. The quantitative estimate of drug-likeness (QED) is 0.910. The highest BCUT2D eigenvalue weighted by Crippen LogP contribution is 2.43. The average Bonchev–Trinajstić information content (AvgIpc) is 3.28. The van der Waals surface area contributed by atoms with Crippen LogP contribution in [0.25, 0.3) is 0 Å². The van der Waals surface area contributed by atoms with Crippen LogP contribution in [-0.4, -0.2) is 58.6 Å². The molecular weight excluding hydrogens is 334 g/mol. The minimum atomic E-state index is -0.199. The second-order valence-corrected chi connectivity index (χ2v) is 8.14. The molecule has 4 heterocycles. The Hall–Kier alpha value is -1.76. The molecule has 2 atom stereocenters. The van der Waals surface area contributed by atoms with Crippen molar-refractivity contribution in [2.75, 3.05) is 32.8 Å². The summed E-state index contributed by atoms with van der Waals surface area (Å²) in [5.41, 5.74) is 2.66. The number of pyridine rings is 1. The zero-order valence-electron chi connectivity index (χ0n) is 14.4. The van der Waals surface area contributed by atoms with E-state index in [0.717, 1.165) is 43.1 Å². The summed E-state index contributed by atoms with van der Waals surface area (Å²) in [6.07, 6.45) is 0. The number of carbonyl (C=O) groups excluding carboxylic acids is 1. The molecule has 2 aliphatic rings. The summed E-state index contributed by atoms with van der Waals surface area (Å²) in [6, 6.07) is 7.98. The van der Waals surface area contributed by atoms with Crippen molar-refractivity contribution in [2.24, 2.45) is 11.3 Å². The first-order valence-corrected chi connectivity index (χ1v) is 9.61. The Morgan fingerprint density at radius 3 is 2.92 bits per heavy atom. The molecule has 0 bridgehead atoms. The van der Waals surface area contributed by atoms with E-state index in [-0.39, 0.29) is 17.9 Å². The third kappa shape index (κ3) is 3.10. The molecule has 6 heteroatoms. The molecule has 2 aliphatic heterocycles. The number of hydrogen-bond acceptors (Lipinski definition) is 5. The van der Waals surface area contributed by atoms with E-state index in [1.807, 2.05) is 40.8 Å². The Bertz CT molecular complexity index is 764. The Morgan fingerprint density at radius 1 is 1.36 bits per heavy atom. The molecule has 2 fully saturated rings. The lowest BCUT2D eigenvalue weighted by Gasteiger charge is -2.27. The smallest absolute Gasteiger partial charge is 0.254 e. The maximum atomic E-state index is 12.6. The standard InChI is InChI=1S/C19H23N3O2S/c1-14-3-2-4-17(20-14)9-21-7-16-8-22(12-19(16,11-21)13-23)18(24)15-5-6-25-10-15/h2-6,10,16,23H,7-9,11-13H2,1H3. The van der Waals surface area contributed by atoms with Gasteiger partial charge in [0.1, 0.15) is 0 Å². The van der Waals surface area contributed by atoms with Crippen LogP contribution >= 0.6 is 11.3 Å². The second-order valence-electron chi connectivity index (χ2n) is 7.36. The molecular formula is C19H23N3O2S. The van der Waals surface area contributed by atoms with Gasteiger partial charge in [0, 0.05) is 49.2 Å². The van der Waals surface area contributed by atoms with E-state index in [1.165, 1.54) is 0 Å². The van der Waals surface area contributed by atoms with Crippen LogP contribution in [0, 0.1) is 18.3 Å². The molecule has 0 saturated carbocycles. The van der Waals surface area contributed by atoms with Crippen molar-refractivity contribution in [3.8, 4) is 0 Å². The Labute approximate surface area is 151 Å². The van der Waals surface area contributed by atoms with Crippen LogP contribution in [0.15, 0.2) is 35.0 Å². The number of nitrogens with zero attached hydrogens (tertiary/aromatic N) is 3. The summed E-state index contributed by atoms with van der Waals surface area (Å²) in [5, 5.41) is 13.9. The van der Waals surface area contributed by atoms with Gasteiger partial charge < -0.3 is 10.0 Å². The van der Waals surface area contributed by atoms with E-state index in [0.29, 0.717) is 12.5 Å². The maximum Gasteiger partial charge on any atom is 0.254 e. The number of rotatable bonds is 4. The summed E-state index contributed by atoms with van der Waals surface area (Å²) in [6.45, 7) is 6.03. The van der Waals surface area contributed by atoms with Gasteiger partial charge in [-0.1, -0.05) is 6.07 Å². The van der Waals surface area contributed by atoms with Crippen LogP contribution < -0.4 is 0 Å². The van der Waals surface area contributed by atoms with Gasteiger partial charge in [-0.25, -0.2) is 0 Å². The van der Waals surface area contributed by atoms with E-state index < -0.39 is 0 Å². The number of hydrogen-bond donors (Lipinski definition) is 1. The van der Waals surface area contributed by atoms with Gasteiger partial charge in [0.25, 0.3) is 5.91 Å². The predicted molar refractivity (Wildman–Crippen MR) is 97.5 cm³/mol. The molecule has 4 rings (SSSR count). The van der Waals surface area contributed by atoms with Gasteiger partial charge in [0.2, 0.25) is 0 Å². The second kappa shape index (κ2) is 6.52. The highest BCUT2D eigenvalue weighted by atomic mass is 32.1. The number of fused-ring (bicyclic) bond motifs is 1. The Kier molecular flexibility index (Phi) is 4.35. The van der Waals surface area contributed by atoms with Crippen molar-refractivity contribution in [1.29, 1.82) is 0 Å². The van der Waals surface area contributed by atoms with Crippen LogP contribution in [0.5, 0.6) is 0 Å². The molecule has 132 valence electrons. The van der Waals surface area contributed by atoms with E-state index in [9.17, 15) is 9.90 Å². The number of aliphatic hydroxyl groups is 1. The van der Waals surface area contributed by atoms with Crippen molar-refractivity contribution in [3.05, 3.63) is 52.0 Å². The number of likely N-dealkylation sites (tertiary alicyclic amines) is 2. The van der Waals surface area contributed by atoms with Gasteiger partial charge in [0.15, 0.2) is 0 Å². The fourth-order valence-corrected chi connectivity index (χ4v) is 4.90. The van der Waals surface area contributed by atoms with Gasteiger partial charge >= 0.3 is 0 Å². The van der Waals surface area contributed by atoms with Crippen molar-refractivity contribution in [3.63, 3.8) is 0 Å². The highest BCUT2D eigenvalue weighted by molar-refractivity contribution is 7.08. The maximum absolute atomic E-state index is 12.6. The SMILES string of the molecule is Cc1cccc(CN2CC3CN(C(=O)c4ccsc4)CC3(CO)C2)n1. The van der Waals surface area contributed by atoms with Gasteiger partial charge in [-0.05, 0) is 36.4 Å². The zero-order valence-corrected chi connectivity index (χ0v) is 15.2. The lowest BCUT2D eigenvalue weighted by atomic mass is 9.82. The highest BCUT2D eigenvalue weighted by Gasteiger charge is 2.53. The van der Waals surface area contributed by atoms with Gasteiger partial charge in [-0.2, -0.15) is 11.3 Å². The molecule has 0 aromatic carbocycles. The average molecular weight is 357 g/mol. The minimum Gasteiger partial charge on any atom is -0.396 e. The third-order valence-electron chi connectivity index (χ3n) is 5.53. The molecule has 0 radical (unpaired) electrons. The normalized spacial score (nSPS) is 26.2. The number of aromatic nitrogens is 1. The molecule has 25 heavy (non-hydrogen) atoms. The van der Waals surface area contributed by atoms with E-state index in [4.69, 9.17) is 0 Å². The Morgan fingerprint density at radius 2 is 2.24 bits per heavy atom. The fourth-order valence-electron chi connectivity index (χ4n) is 4.28. The van der Waals surface area contributed by atoms with Gasteiger partial charge in [-0.3, -0.25) is 14.7 Å². The first kappa shape index (κ1) is 16.7. The van der Waals surface area contributed by atoms with Crippen molar-refractivity contribution >= 4 is 17.2 Å². The number of aryl methyl sites for hydroxylation is 1. The lowest BCUT2D eigenvalue weighted by molar-refractivity contribution is 0.0719. The summed E-state index contributed by atoms with van der Waals surface area (Å²) in [7, 11) is 0. The molecule has 0 aliphatic carbocycles. The third-order valence-corrected chi connectivity index (χ3v) is 6.21. The number of thiophene rings is 1. The van der Waals surface area contributed by atoms with E-state index >= 15 is 0 Å².